The standard InChI is InChI=1S/C23H40N8O2/c24-21(27-22(32)14-18-8-4-5-9-18)17-30(25)12-6-7-13-31-16-20(28-29-31)23(33)26-15-19-10-2-1-3-11-19/h16-19H,1-15,24-25H2,(H,26,33)(H,27,32)/b21-17+. The molecule has 0 unspecified atom stereocenters. The summed E-state index contributed by atoms with van der Waals surface area (Å²) in [6, 6.07) is 0. The van der Waals surface area contributed by atoms with Gasteiger partial charge < -0.3 is 21.4 Å². The van der Waals surface area contributed by atoms with Gasteiger partial charge in [-0.05, 0) is 50.4 Å². The molecule has 1 aromatic heterocycles. The summed E-state index contributed by atoms with van der Waals surface area (Å²) in [6.07, 6.45) is 16.3. The molecule has 0 bridgehead atoms. The Labute approximate surface area is 196 Å². The van der Waals surface area contributed by atoms with Crippen LogP contribution in [0.3, 0.4) is 0 Å². The average molecular weight is 461 g/mol. The number of hydrazine groups is 1. The number of hydrogen-bond acceptors (Lipinski definition) is 7. The highest BCUT2D eigenvalue weighted by Crippen LogP contribution is 2.27. The molecule has 33 heavy (non-hydrogen) atoms. The number of carbonyl (C=O) groups excluding carboxylic acids is 2. The molecule has 2 aliphatic rings. The van der Waals surface area contributed by atoms with Crippen molar-refractivity contribution in [3.63, 3.8) is 0 Å². The zero-order chi connectivity index (χ0) is 23.5. The Morgan fingerprint density at radius 3 is 2.55 bits per heavy atom. The van der Waals surface area contributed by atoms with Crippen LogP contribution in [0.15, 0.2) is 18.2 Å². The first-order valence-electron chi connectivity index (χ1n) is 12.5. The first kappa shape index (κ1) is 25.0. The van der Waals surface area contributed by atoms with Crippen LogP contribution in [-0.4, -0.2) is 44.9 Å². The Kier molecular flexibility index (Phi) is 9.99. The zero-order valence-corrected chi connectivity index (χ0v) is 19.7. The van der Waals surface area contributed by atoms with E-state index in [4.69, 9.17) is 11.6 Å². The minimum atomic E-state index is -0.157. The highest BCUT2D eigenvalue weighted by atomic mass is 16.2. The Bertz CT molecular complexity index is 781. The van der Waals surface area contributed by atoms with Crippen LogP contribution < -0.4 is 22.2 Å². The normalized spacial score (nSPS) is 17.8. The summed E-state index contributed by atoms with van der Waals surface area (Å²) in [7, 11) is 0. The van der Waals surface area contributed by atoms with E-state index in [-0.39, 0.29) is 17.6 Å². The molecule has 1 heterocycles. The van der Waals surface area contributed by atoms with Gasteiger partial charge >= 0.3 is 0 Å². The van der Waals surface area contributed by atoms with Crippen molar-refractivity contribution in [3.05, 3.63) is 23.9 Å². The number of amides is 2. The predicted molar refractivity (Wildman–Crippen MR) is 126 cm³/mol. The maximum absolute atomic E-state index is 12.3. The summed E-state index contributed by atoms with van der Waals surface area (Å²) in [5, 5.41) is 15.2. The lowest BCUT2D eigenvalue weighted by molar-refractivity contribution is -0.121. The van der Waals surface area contributed by atoms with Crippen molar-refractivity contribution in [1.82, 2.24) is 30.6 Å². The molecule has 2 saturated carbocycles. The summed E-state index contributed by atoms with van der Waals surface area (Å²) < 4.78 is 1.68. The van der Waals surface area contributed by atoms with Gasteiger partial charge in [-0.25, -0.2) is 5.84 Å². The predicted octanol–water partition coefficient (Wildman–Crippen LogP) is 2.00. The first-order chi connectivity index (χ1) is 16.0. The molecule has 1 aromatic rings. The van der Waals surface area contributed by atoms with E-state index >= 15 is 0 Å². The van der Waals surface area contributed by atoms with Gasteiger partial charge in [0.25, 0.3) is 5.91 Å². The van der Waals surface area contributed by atoms with Gasteiger partial charge in [0.2, 0.25) is 5.91 Å². The van der Waals surface area contributed by atoms with Crippen LogP contribution in [0, 0.1) is 11.8 Å². The molecule has 0 radical (unpaired) electrons. The summed E-state index contributed by atoms with van der Waals surface area (Å²) in [6.45, 7) is 1.95. The van der Waals surface area contributed by atoms with Crippen LogP contribution in [0.1, 0.15) is 87.5 Å². The molecule has 6 N–H and O–H groups in total. The number of aryl methyl sites for hydroxylation is 1. The van der Waals surface area contributed by atoms with E-state index in [9.17, 15) is 9.59 Å². The van der Waals surface area contributed by atoms with Gasteiger partial charge in [0.05, 0.1) is 12.4 Å². The highest BCUT2D eigenvalue weighted by Gasteiger charge is 2.19. The minimum absolute atomic E-state index is 0.0474. The smallest absolute Gasteiger partial charge is 0.273 e. The molecule has 2 fully saturated rings. The van der Waals surface area contributed by atoms with Crippen molar-refractivity contribution in [2.75, 3.05) is 13.1 Å². The Morgan fingerprint density at radius 1 is 1.09 bits per heavy atom. The lowest BCUT2D eigenvalue weighted by Crippen LogP contribution is -2.34. The van der Waals surface area contributed by atoms with Gasteiger partial charge in [0.1, 0.15) is 5.82 Å². The van der Waals surface area contributed by atoms with Crippen LogP contribution in [0.2, 0.25) is 0 Å². The fraction of sp³-hybridized carbons (Fsp3) is 0.739. The highest BCUT2D eigenvalue weighted by molar-refractivity contribution is 5.91. The average Bonchev–Trinajstić information content (AvgIpc) is 3.48. The van der Waals surface area contributed by atoms with Crippen molar-refractivity contribution in [2.45, 2.75) is 83.6 Å². The van der Waals surface area contributed by atoms with Gasteiger partial charge in [-0.15, -0.1) is 5.10 Å². The lowest BCUT2D eigenvalue weighted by Gasteiger charge is -2.21. The lowest BCUT2D eigenvalue weighted by atomic mass is 9.89. The Morgan fingerprint density at radius 2 is 1.79 bits per heavy atom. The van der Waals surface area contributed by atoms with Crippen molar-refractivity contribution in [3.8, 4) is 0 Å². The number of rotatable bonds is 12. The number of unbranched alkanes of at least 4 members (excludes halogenated alkanes) is 1. The van der Waals surface area contributed by atoms with Gasteiger partial charge in [-0.2, -0.15) is 0 Å². The Balaban J connectivity index is 1.29. The molecule has 0 saturated heterocycles. The van der Waals surface area contributed by atoms with Gasteiger partial charge in [0, 0.05) is 26.1 Å². The van der Waals surface area contributed by atoms with E-state index in [1.165, 1.54) is 50.0 Å². The number of aromatic nitrogens is 3. The largest absolute Gasteiger partial charge is 0.384 e. The topological polar surface area (TPSA) is 144 Å². The molecule has 10 nitrogen and oxygen atoms in total. The summed E-state index contributed by atoms with van der Waals surface area (Å²) in [4.78, 5) is 24.3. The molecule has 10 heteroatoms. The maximum Gasteiger partial charge on any atom is 0.273 e. The number of hydrogen-bond donors (Lipinski definition) is 4. The fourth-order valence-electron chi connectivity index (χ4n) is 4.76. The van der Waals surface area contributed by atoms with Gasteiger partial charge in [0.15, 0.2) is 5.69 Å². The second kappa shape index (κ2) is 13.2. The first-order valence-corrected chi connectivity index (χ1v) is 12.5. The zero-order valence-electron chi connectivity index (χ0n) is 19.7. The molecule has 0 aliphatic heterocycles. The van der Waals surface area contributed by atoms with E-state index in [1.54, 1.807) is 17.1 Å². The third-order valence-corrected chi connectivity index (χ3v) is 6.64. The Hall–Kier alpha value is -2.62. The van der Waals surface area contributed by atoms with E-state index in [0.717, 1.165) is 32.2 Å². The van der Waals surface area contributed by atoms with Crippen molar-refractivity contribution >= 4 is 11.8 Å². The van der Waals surface area contributed by atoms with Gasteiger partial charge in [-0.3, -0.25) is 14.3 Å². The van der Waals surface area contributed by atoms with E-state index in [0.29, 0.717) is 37.0 Å². The summed E-state index contributed by atoms with van der Waals surface area (Å²) in [5.41, 5.74) is 6.25. The molecule has 0 atom stereocenters. The third kappa shape index (κ3) is 9.03. The molecular formula is C23H40N8O2. The monoisotopic (exact) mass is 460 g/mol. The number of nitrogens with one attached hydrogen (secondary N) is 2. The van der Waals surface area contributed by atoms with E-state index in [2.05, 4.69) is 20.9 Å². The molecule has 2 aliphatic carbocycles. The van der Waals surface area contributed by atoms with Crippen molar-refractivity contribution < 1.29 is 9.59 Å². The van der Waals surface area contributed by atoms with Crippen LogP contribution in [0.25, 0.3) is 0 Å². The van der Waals surface area contributed by atoms with Crippen LogP contribution in [-0.2, 0) is 11.3 Å². The quantitative estimate of drug-likeness (QED) is 0.212. The summed E-state index contributed by atoms with van der Waals surface area (Å²) in [5.74, 6) is 7.09. The van der Waals surface area contributed by atoms with Gasteiger partial charge in [-0.1, -0.05) is 37.3 Å². The fourth-order valence-corrected chi connectivity index (χ4v) is 4.76. The maximum atomic E-state index is 12.3. The van der Waals surface area contributed by atoms with Crippen LogP contribution >= 0.6 is 0 Å². The molecule has 0 aromatic carbocycles. The minimum Gasteiger partial charge on any atom is -0.384 e. The number of carbonyl (C=O) groups is 2. The second-order valence-electron chi connectivity index (χ2n) is 9.51. The SMILES string of the molecule is N/C(=C\N(N)CCCCn1cc(C(=O)NCC2CCCCC2)nn1)NC(=O)CC1CCCC1. The van der Waals surface area contributed by atoms with E-state index < -0.39 is 0 Å². The van der Waals surface area contributed by atoms with Crippen LogP contribution in [0.5, 0.6) is 0 Å². The third-order valence-electron chi connectivity index (χ3n) is 6.64. The molecule has 0 spiro atoms. The summed E-state index contributed by atoms with van der Waals surface area (Å²) >= 11 is 0. The van der Waals surface area contributed by atoms with E-state index in [1.807, 2.05) is 0 Å². The van der Waals surface area contributed by atoms with Crippen molar-refractivity contribution in [1.29, 1.82) is 0 Å². The molecule has 3 rings (SSSR count). The number of nitrogens with zero attached hydrogens (tertiary/aromatic N) is 4. The molecule has 2 amide bonds. The van der Waals surface area contributed by atoms with Crippen LogP contribution in [0.4, 0.5) is 0 Å². The van der Waals surface area contributed by atoms with Crippen molar-refractivity contribution in [2.24, 2.45) is 23.4 Å². The second-order valence-corrected chi connectivity index (χ2v) is 9.51. The molecule has 184 valence electrons. The number of nitrogens with two attached hydrogens (primary N) is 2. The molecular weight excluding hydrogens is 420 g/mol.